The molecule has 2 aromatic carbocycles. The van der Waals surface area contributed by atoms with Gasteiger partial charge in [0, 0.05) is 15.2 Å². The van der Waals surface area contributed by atoms with Gasteiger partial charge >= 0.3 is 0 Å². The number of carbonyl (C=O) groups excluding carboxylic acids is 1. The Balaban J connectivity index is 1.67. The van der Waals surface area contributed by atoms with Crippen molar-refractivity contribution < 1.29 is 4.79 Å². The molecule has 4 rings (SSSR count). The molecule has 2 aliphatic rings. The number of thioether (sulfide) groups is 1. The molecule has 0 aliphatic carbocycles. The van der Waals surface area contributed by atoms with Gasteiger partial charge in [-0.3, -0.25) is 9.69 Å². The Morgan fingerprint density at radius 1 is 1.12 bits per heavy atom. The fraction of sp³-hybridized carbons (Fsp3) is 0.176. The second-order valence-electron chi connectivity index (χ2n) is 5.59. The first-order chi connectivity index (χ1) is 11.6. The lowest BCUT2D eigenvalue weighted by Gasteiger charge is -2.25. The Bertz CT molecular complexity index is 812. The van der Waals surface area contributed by atoms with Crippen molar-refractivity contribution in [3.63, 3.8) is 0 Å². The zero-order valence-electron chi connectivity index (χ0n) is 12.4. The van der Waals surface area contributed by atoms with E-state index in [4.69, 9.17) is 23.8 Å². The fourth-order valence-corrected chi connectivity index (χ4v) is 5.31. The van der Waals surface area contributed by atoms with Gasteiger partial charge in [-0.2, -0.15) is 0 Å². The van der Waals surface area contributed by atoms with Gasteiger partial charge in [-0.15, -0.1) is 11.8 Å². The van der Waals surface area contributed by atoms with E-state index in [2.05, 4.69) is 33.0 Å². The van der Waals surface area contributed by atoms with E-state index in [1.165, 1.54) is 0 Å². The first-order valence-corrected chi connectivity index (χ1v) is 9.98. The van der Waals surface area contributed by atoms with Gasteiger partial charge in [0.15, 0.2) is 5.11 Å². The molecule has 7 heteroatoms. The number of thiocarbonyl (C=S) groups is 1. The van der Waals surface area contributed by atoms with Crippen LogP contribution in [0.4, 0.5) is 5.69 Å². The van der Waals surface area contributed by atoms with Crippen LogP contribution in [0.25, 0.3) is 0 Å². The van der Waals surface area contributed by atoms with Gasteiger partial charge in [0.2, 0.25) is 0 Å². The van der Waals surface area contributed by atoms with E-state index < -0.39 is 0 Å². The number of fused-ring (bicyclic) bond motifs is 1. The van der Waals surface area contributed by atoms with E-state index in [1.807, 2.05) is 24.3 Å². The van der Waals surface area contributed by atoms with Crippen LogP contribution in [0.3, 0.4) is 0 Å². The molecule has 0 radical (unpaired) electrons. The molecule has 2 aliphatic heterocycles. The van der Waals surface area contributed by atoms with Gasteiger partial charge in [-0.05, 0) is 54.2 Å². The molecule has 122 valence electrons. The summed E-state index contributed by atoms with van der Waals surface area (Å²) in [6.45, 7) is 0. The molecule has 0 unspecified atom stereocenters. The maximum absolute atomic E-state index is 12.9. The molecule has 2 heterocycles. The van der Waals surface area contributed by atoms with Crippen LogP contribution in [0, 0.1) is 0 Å². The summed E-state index contributed by atoms with van der Waals surface area (Å²) in [6.07, 6.45) is 0. The van der Waals surface area contributed by atoms with Crippen LogP contribution < -0.4 is 4.90 Å². The number of anilines is 1. The number of carbonyl (C=O) groups is 1. The van der Waals surface area contributed by atoms with Crippen molar-refractivity contribution in [3.8, 4) is 0 Å². The first-order valence-electron chi connectivity index (χ1n) is 7.35. The van der Waals surface area contributed by atoms with Gasteiger partial charge in [0.25, 0.3) is 5.91 Å². The normalized spacial score (nSPS) is 23.1. The molecule has 0 saturated carbocycles. The van der Waals surface area contributed by atoms with Crippen molar-refractivity contribution in [2.24, 2.45) is 0 Å². The Hall–Kier alpha value is -1.08. The van der Waals surface area contributed by atoms with Crippen molar-refractivity contribution in [3.05, 3.63) is 63.6 Å². The summed E-state index contributed by atoms with van der Waals surface area (Å²) in [4.78, 5) is 16.5. The van der Waals surface area contributed by atoms with Crippen molar-refractivity contribution in [1.82, 2.24) is 4.90 Å². The number of nitrogens with zero attached hydrogens (tertiary/aromatic N) is 2. The maximum Gasteiger partial charge on any atom is 0.257 e. The number of hydrogen-bond acceptors (Lipinski definition) is 3. The summed E-state index contributed by atoms with van der Waals surface area (Å²) in [5.74, 6) is 0.776. The number of halogens is 2. The molecule has 2 fully saturated rings. The summed E-state index contributed by atoms with van der Waals surface area (Å²) in [7, 11) is 0. The van der Waals surface area contributed by atoms with Crippen LogP contribution >= 0.6 is 51.5 Å². The number of hydrogen-bond donors (Lipinski definition) is 0. The van der Waals surface area contributed by atoms with E-state index in [-0.39, 0.29) is 17.3 Å². The second kappa shape index (κ2) is 6.33. The van der Waals surface area contributed by atoms with E-state index in [0.717, 1.165) is 21.5 Å². The van der Waals surface area contributed by atoms with Crippen LogP contribution in [0.1, 0.15) is 10.9 Å². The van der Waals surface area contributed by atoms with Gasteiger partial charge in [-0.1, -0.05) is 39.7 Å². The lowest BCUT2D eigenvalue weighted by molar-refractivity contribution is -0.119. The molecule has 2 atom stereocenters. The Morgan fingerprint density at radius 2 is 1.79 bits per heavy atom. The molecule has 1 amide bonds. The SMILES string of the molecule is O=C1[C@@H]2CS[C@@H](c3ccc(Br)cc3)N2C(=S)N1c1ccc(Cl)cc1. The summed E-state index contributed by atoms with van der Waals surface area (Å²) in [6, 6.07) is 15.2. The highest BCUT2D eigenvalue weighted by molar-refractivity contribution is 9.10. The minimum Gasteiger partial charge on any atom is -0.319 e. The summed E-state index contributed by atoms with van der Waals surface area (Å²) in [5.41, 5.74) is 1.92. The smallest absolute Gasteiger partial charge is 0.257 e. The standard InChI is InChI=1S/C17H12BrClN2OS2/c18-11-3-1-10(2-4-11)16-21-14(9-24-16)15(22)20(17(21)23)13-7-5-12(19)6-8-13/h1-8,14,16H,9H2/t14-,16-/m0/s1. The Kier molecular flexibility index (Phi) is 4.33. The maximum atomic E-state index is 12.9. The lowest BCUT2D eigenvalue weighted by Crippen LogP contribution is -2.33. The van der Waals surface area contributed by atoms with E-state index in [0.29, 0.717) is 10.1 Å². The molecule has 0 N–H and O–H groups in total. The molecule has 0 spiro atoms. The zero-order chi connectivity index (χ0) is 16.8. The molecule has 24 heavy (non-hydrogen) atoms. The van der Waals surface area contributed by atoms with Gasteiger partial charge in [-0.25, -0.2) is 0 Å². The van der Waals surface area contributed by atoms with E-state index in [9.17, 15) is 4.79 Å². The molecule has 0 aromatic heterocycles. The summed E-state index contributed by atoms with van der Waals surface area (Å²) >= 11 is 16.8. The molecule has 2 saturated heterocycles. The highest BCUT2D eigenvalue weighted by atomic mass is 79.9. The number of amides is 1. The molecular formula is C17H12BrClN2OS2. The van der Waals surface area contributed by atoms with Crippen LogP contribution in [0.5, 0.6) is 0 Å². The molecular weight excluding hydrogens is 428 g/mol. The molecule has 0 bridgehead atoms. The second-order valence-corrected chi connectivity index (χ2v) is 8.42. The topological polar surface area (TPSA) is 23.6 Å². The Labute approximate surface area is 163 Å². The lowest BCUT2D eigenvalue weighted by atomic mass is 10.2. The molecule has 3 nitrogen and oxygen atoms in total. The highest BCUT2D eigenvalue weighted by Gasteiger charge is 2.50. The fourth-order valence-electron chi connectivity index (χ4n) is 3.00. The number of rotatable bonds is 2. The quantitative estimate of drug-likeness (QED) is 0.624. The van der Waals surface area contributed by atoms with Gasteiger partial charge in [0.05, 0.1) is 5.69 Å². The predicted octanol–water partition coefficient (Wildman–Crippen LogP) is 4.85. The van der Waals surface area contributed by atoms with Gasteiger partial charge < -0.3 is 4.90 Å². The molecule has 2 aromatic rings. The average molecular weight is 440 g/mol. The van der Waals surface area contributed by atoms with Crippen LogP contribution in [0.15, 0.2) is 53.0 Å². The third-order valence-corrected chi connectivity index (χ3v) is 6.66. The van der Waals surface area contributed by atoms with Gasteiger partial charge in [0.1, 0.15) is 11.4 Å². The van der Waals surface area contributed by atoms with E-state index >= 15 is 0 Å². The monoisotopic (exact) mass is 438 g/mol. The highest BCUT2D eigenvalue weighted by Crippen LogP contribution is 2.46. The minimum absolute atomic E-state index is 0.0365. The Morgan fingerprint density at radius 3 is 2.46 bits per heavy atom. The third-order valence-electron chi connectivity index (χ3n) is 4.16. The zero-order valence-corrected chi connectivity index (χ0v) is 16.3. The minimum atomic E-state index is -0.202. The largest absolute Gasteiger partial charge is 0.319 e. The average Bonchev–Trinajstić information content (AvgIpc) is 3.11. The van der Waals surface area contributed by atoms with Crippen molar-refractivity contribution in [1.29, 1.82) is 0 Å². The van der Waals surface area contributed by atoms with Crippen LogP contribution in [-0.2, 0) is 4.79 Å². The van der Waals surface area contributed by atoms with Crippen LogP contribution in [0.2, 0.25) is 5.02 Å². The first kappa shape index (κ1) is 16.4. The van der Waals surface area contributed by atoms with Crippen molar-refractivity contribution >= 4 is 68.2 Å². The van der Waals surface area contributed by atoms with Crippen molar-refractivity contribution in [2.75, 3.05) is 10.7 Å². The van der Waals surface area contributed by atoms with Crippen LogP contribution in [-0.4, -0.2) is 27.7 Å². The summed E-state index contributed by atoms with van der Waals surface area (Å²) in [5, 5.41) is 1.27. The van der Waals surface area contributed by atoms with Crippen molar-refractivity contribution in [2.45, 2.75) is 11.4 Å². The van der Waals surface area contributed by atoms with E-state index in [1.54, 1.807) is 28.8 Å². The number of benzene rings is 2. The third kappa shape index (κ3) is 2.65. The summed E-state index contributed by atoms with van der Waals surface area (Å²) < 4.78 is 1.04. The predicted molar refractivity (Wildman–Crippen MR) is 107 cm³/mol.